The van der Waals surface area contributed by atoms with E-state index in [-0.39, 0.29) is 5.54 Å². The van der Waals surface area contributed by atoms with Crippen LogP contribution in [0.15, 0.2) is 0 Å². The maximum Gasteiger partial charge on any atom is 0.0547 e. The molecule has 2 saturated heterocycles. The maximum atomic E-state index is 5.75. The lowest BCUT2D eigenvalue weighted by molar-refractivity contribution is 0.0658. The number of hydrogen-bond donors (Lipinski definition) is 1. The van der Waals surface area contributed by atoms with E-state index in [0.29, 0.717) is 5.41 Å². The first-order chi connectivity index (χ1) is 9.30. The zero-order valence-corrected chi connectivity index (χ0v) is 14.2. The summed E-state index contributed by atoms with van der Waals surface area (Å²) in [6, 6.07) is 0. The van der Waals surface area contributed by atoms with E-state index in [1.165, 1.54) is 32.5 Å². The second-order valence-corrected chi connectivity index (χ2v) is 8.38. The van der Waals surface area contributed by atoms with Gasteiger partial charge in [0.05, 0.1) is 6.61 Å². The van der Waals surface area contributed by atoms with Gasteiger partial charge in [-0.15, -0.1) is 0 Å². The Kier molecular flexibility index (Phi) is 5.14. The molecule has 20 heavy (non-hydrogen) atoms. The normalized spacial score (nSPS) is 36.5. The van der Waals surface area contributed by atoms with Crippen molar-refractivity contribution in [1.82, 2.24) is 10.2 Å². The van der Waals surface area contributed by atoms with Crippen molar-refractivity contribution in [2.75, 3.05) is 39.4 Å². The molecule has 2 aliphatic rings. The van der Waals surface area contributed by atoms with E-state index in [0.717, 1.165) is 31.6 Å². The van der Waals surface area contributed by atoms with Crippen molar-refractivity contribution in [2.24, 2.45) is 17.3 Å². The highest BCUT2D eigenvalue weighted by Crippen LogP contribution is 2.32. The zero-order chi connectivity index (χ0) is 14.8. The average Bonchev–Trinajstić information content (AvgIpc) is 2.80. The van der Waals surface area contributed by atoms with E-state index >= 15 is 0 Å². The molecule has 0 saturated carbocycles. The van der Waals surface area contributed by atoms with Gasteiger partial charge in [0.25, 0.3) is 0 Å². The Morgan fingerprint density at radius 1 is 1.25 bits per heavy atom. The molecule has 0 amide bonds. The number of hydrogen-bond acceptors (Lipinski definition) is 3. The zero-order valence-electron chi connectivity index (χ0n) is 14.2. The minimum absolute atomic E-state index is 0.194. The molecule has 2 rings (SSSR count). The van der Waals surface area contributed by atoms with Gasteiger partial charge in [0.15, 0.2) is 0 Å². The van der Waals surface area contributed by atoms with Crippen molar-refractivity contribution >= 4 is 0 Å². The molecule has 3 nitrogen and oxygen atoms in total. The molecule has 3 atom stereocenters. The summed E-state index contributed by atoms with van der Waals surface area (Å²) in [6.07, 6.45) is 2.56. The quantitative estimate of drug-likeness (QED) is 0.858. The predicted molar refractivity (Wildman–Crippen MR) is 85.0 cm³/mol. The van der Waals surface area contributed by atoms with E-state index in [4.69, 9.17) is 4.74 Å². The van der Waals surface area contributed by atoms with Gasteiger partial charge >= 0.3 is 0 Å². The number of ether oxygens (including phenoxy) is 1. The van der Waals surface area contributed by atoms with Gasteiger partial charge in [-0.3, -0.25) is 0 Å². The molecule has 0 bridgehead atoms. The summed E-state index contributed by atoms with van der Waals surface area (Å²) in [5, 5.41) is 3.71. The highest BCUT2D eigenvalue weighted by atomic mass is 16.5. The molecule has 0 aliphatic carbocycles. The van der Waals surface area contributed by atoms with Crippen LogP contribution in [0.4, 0.5) is 0 Å². The third kappa shape index (κ3) is 4.44. The average molecular weight is 282 g/mol. The Morgan fingerprint density at radius 3 is 2.55 bits per heavy atom. The number of rotatable bonds is 4. The lowest BCUT2D eigenvalue weighted by Crippen LogP contribution is -2.51. The van der Waals surface area contributed by atoms with E-state index in [1.807, 2.05) is 0 Å². The first-order valence-electron chi connectivity index (χ1n) is 8.35. The van der Waals surface area contributed by atoms with Crippen LogP contribution in [0, 0.1) is 17.3 Å². The van der Waals surface area contributed by atoms with Crippen LogP contribution in [0.3, 0.4) is 0 Å². The molecule has 118 valence electrons. The molecule has 0 aromatic rings. The van der Waals surface area contributed by atoms with E-state index in [9.17, 15) is 0 Å². The SMILES string of the molecule is CC1CCN(CC2(CNC(C)(C)C)CCOC2)CC1C. The molecule has 0 aromatic heterocycles. The molecule has 3 unspecified atom stereocenters. The Balaban J connectivity index is 1.92. The van der Waals surface area contributed by atoms with Crippen molar-refractivity contribution in [3.8, 4) is 0 Å². The third-order valence-electron chi connectivity index (χ3n) is 5.16. The smallest absolute Gasteiger partial charge is 0.0547 e. The Labute approximate surface area is 125 Å². The maximum absolute atomic E-state index is 5.75. The Hall–Kier alpha value is -0.120. The van der Waals surface area contributed by atoms with E-state index in [1.54, 1.807) is 0 Å². The fourth-order valence-corrected chi connectivity index (χ4v) is 3.39. The summed E-state index contributed by atoms with van der Waals surface area (Å²) in [6.45, 7) is 18.2. The van der Waals surface area contributed by atoms with Crippen LogP contribution in [0.5, 0.6) is 0 Å². The molecule has 2 fully saturated rings. The first-order valence-corrected chi connectivity index (χ1v) is 8.35. The lowest BCUT2D eigenvalue weighted by atomic mass is 9.83. The van der Waals surface area contributed by atoms with Crippen LogP contribution >= 0.6 is 0 Å². The fourth-order valence-electron chi connectivity index (χ4n) is 3.39. The summed E-state index contributed by atoms with van der Waals surface area (Å²) in [7, 11) is 0. The topological polar surface area (TPSA) is 24.5 Å². The van der Waals surface area contributed by atoms with Gasteiger partial charge in [-0.05, 0) is 52.0 Å². The highest BCUT2D eigenvalue weighted by molar-refractivity contribution is 4.91. The van der Waals surface area contributed by atoms with Crippen LogP contribution in [0.1, 0.15) is 47.5 Å². The van der Waals surface area contributed by atoms with Gasteiger partial charge in [0.1, 0.15) is 0 Å². The summed E-state index contributed by atoms with van der Waals surface area (Å²) >= 11 is 0. The summed E-state index contributed by atoms with van der Waals surface area (Å²) in [5.41, 5.74) is 0.521. The Morgan fingerprint density at radius 2 is 2.00 bits per heavy atom. The lowest BCUT2D eigenvalue weighted by Gasteiger charge is -2.41. The van der Waals surface area contributed by atoms with Gasteiger partial charge in [-0.1, -0.05) is 13.8 Å². The minimum atomic E-state index is 0.194. The van der Waals surface area contributed by atoms with Crippen molar-refractivity contribution in [3.05, 3.63) is 0 Å². The van der Waals surface area contributed by atoms with Gasteiger partial charge in [0.2, 0.25) is 0 Å². The van der Waals surface area contributed by atoms with Crippen molar-refractivity contribution in [1.29, 1.82) is 0 Å². The summed E-state index contributed by atoms with van der Waals surface area (Å²) < 4.78 is 5.75. The predicted octanol–water partition coefficient (Wildman–Crippen LogP) is 2.76. The number of likely N-dealkylation sites (tertiary alicyclic amines) is 1. The monoisotopic (exact) mass is 282 g/mol. The molecule has 3 heteroatoms. The van der Waals surface area contributed by atoms with Crippen molar-refractivity contribution in [3.63, 3.8) is 0 Å². The van der Waals surface area contributed by atoms with Gasteiger partial charge < -0.3 is 15.0 Å². The Bertz CT molecular complexity index is 305. The highest BCUT2D eigenvalue weighted by Gasteiger charge is 2.38. The van der Waals surface area contributed by atoms with Crippen molar-refractivity contribution in [2.45, 2.75) is 53.0 Å². The van der Waals surface area contributed by atoms with Crippen molar-refractivity contribution < 1.29 is 4.74 Å². The van der Waals surface area contributed by atoms with Crippen LogP contribution in [-0.4, -0.2) is 49.8 Å². The van der Waals surface area contributed by atoms with E-state index in [2.05, 4.69) is 44.8 Å². The van der Waals surface area contributed by atoms with Crippen LogP contribution in [-0.2, 0) is 4.74 Å². The molecule has 0 spiro atoms. The van der Waals surface area contributed by atoms with Crippen LogP contribution in [0.2, 0.25) is 0 Å². The molecule has 1 N–H and O–H groups in total. The molecular weight excluding hydrogens is 248 g/mol. The van der Waals surface area contributed by atoms with Gasteiger partial charge in [-0.25, -0.2) is 0 Å². The largest absolute Gasteiger partial charge is 0.381 e. The molecule has 0 aromatic carbocycles. The number of piperidine rings is 1. The fraction of sp³-hybridized carbons (Fsp3) is 1.00. The molecule has 2 aliphatic heterocycles. The number of nitrogens with one attached hydrogen (secondary N) is 1. The van der Waals surface area contributed by atoms with Gasteiger partial charge in [0, 0.05) is 37.2 Å². The van der Waals surface area contributed by atoms with Gasteiger partial charge in [-0.2, -0.15) is 0 Å². The molecule has 2 heterocycles. The first kappa shape index (κ1) is 16.3. The summed E-state index contributed by atoms with van der Waals surface area (Å²) in [4.78, 5) is 2.68. The second kappa shape index (κ2) is 6.33. The standard InChI is InChI=1S/C17H34N2O/c1-14-6-8-19(10-15(14)2)12-17(7-9-20-13-17)11-18-16(3,4)5/h14-15,18H,6-13H2,1-5H3. The minimum Gasteiger partial charge on any atom is -0.381 e. The third-order valence-corrected chi connectivity index (χ3v) is 5.16. The molecule has 0 radical (unpaired) electrons. The number of nitrogens with zero attached hydrogens (tertiary/aromatic N) is 1. The van der Waals surface area contributed by atoms with Crippen LogP contribution < -0.4 is 5.32 Å². The van der Waals surface area contributed by atoms with E-state index < -0.39 is 0 Å². The summed E-state index contributed by atoms with van der Waals surface area (Å²) in [5.74, 6) is 1.72. The second-order valence-electron chi connectivity index (χ2n) is 8.38. The van der Waals surface area contributed by atoms with Crippen LogP contribution in [0.25, 0.3) is 0 Å². The molecular formula is C17H34N2O.